The van der Waals surface area contributed by atoms with E-state index in [1.165, 1.54) is 26.3 Å². The van der Waals surface area contributed by atoms with E-state index in [4.69, 9.17) is 14.1 Å². The van der Waals surface area contributed by atoms with Gasteiger partial charge in [-0.05, 0) is 48.6 Å². The average molecular weight is 661 g/mol. The summed E-state index contributed by atoms with van der Waals surface area (Å²) in [5, 5.41) is 5.30. The third-order valence-electron chi connectivity index (χ3n) is 7.40. The lowest BCUT2D eigenvalue weighted by atomic mass is 9.83. The van der Waals surface area contributed by atoms with Crippen molar-refractivity contribution < 1.29 is 46.5 Å². The molecule has 14 nitrogen and oxygen atoms in total. The molecule has 2 aromatic rings. The Balaban J connectivity index is 1.80. The lowest BCUT2D eigenvalue weighted by Crippen LogP contribution is -2.53. The molecular weight excluding hydrogens is 620 g/mol. The maximum Gasteiger partial charge on any atom is 0.264 e. The smallest absolute Gasteiger partial charge is 0.264 e. The Labute approximate surface area is 267 Å². The van der Waals surface area contributed by atoms with E-state index in [-0.39, 0.29) is 49.5 Å². The molecule has 3 rings (SSSR count). The van der Waals surface area contributed by atoms with Gasteiger partial charge < -0.3 is 15.4 Å². The third-order valence-corrected chi connectivity index (χ3v) is 8.21. The van der Waals surface area contributed by atoms with Crippen LogP contribution in [-0.2, 0) is 35.8 Å². The Morgan fingerprint density at radius 1 is 0.913 bits per heavy atom. The van der Waals surface area contributed by atoms with Crippen LogP contribution in [0.5, 0.6) is 5.75 Å². The van der Waals surface area contributed by atoms with E-state index < -0.39 is 63.3 Å². The molecule has 0 saturated heterocycles. The molecular formula is C31H40N4O10S. The molecule has 1 unspecified atom stereocenters. The molecule has 4 N–H and O–H groups in total. The van der Waals surface area contributed by atoms with Gasteiger partial charge in [-0.1, -0.05) is 38.1 Å². The molecule has 0 aliphatic carbocycles. The van der Waals surface area contributed by atoms with Gasteiger partial charge in [0.25, 0.3) is 21.9 Å². The Morgan fingerprint density at radius 3 is 2.04 bits per heavy atom. The van der Waals surface area contributed by atoms with Crippen LogP contribution >= 0.6 is 0 Å². The largest absolute Gasteiger partial charge is 0.494 e. The van der Waals surface area contributed by atoms with Crippen molar-refractivity contribution in [2.75, 3.05) is 33.1 Å². The first-order chi connectivity index (χ1) is 21.7. The van der Waals surface area contributed by atoms with Gasteiger partial charge in [0.15, 0.2) is 0 Å². The zero-order valence-electron chi connectivity index (χ0n) is 26.1. The fourth-order valence-corrected chi connectivity index (χ4v) is 5.67. The van der Waals surface area contributed by atoms with Crippen LogP contribution in [0, 0.1) is 17.8 Å². The van der Waals surface area contributed by atoms with Crippen LogP contribution in [0.1, 0.15) is 53.0 Å². The second kappa shape index (κ2) is 16.3. The summed E-state index contributed by atoms with van der Waals surface area (Å²) in [7, 11) is -1.43. The third kappa shape index (κ3) is 9.83. The van der Waals surface area contributed by atoms with E-state index in [0.717, 1.165) is 4.90 Å². The molecule has 0 saturated carbocycles. The van der Waals surface area contributed by atoms with Gasteiger partial charge >= 0.3 is 0 Å². The lowest BCUT2D eigenvalue weighted by molar-refractivity contribution is -0.143. The van der Waals surface area contributed by atoms with E-state index >= 15 is 0 Å². The summed E-state index contributed by atoms with van der Waals surface area (Å²) in [6.07, 6.45) is 0.371. The Hall–Kier alpha value is -4.34. The monoisotopic (exact) mass is 660 g/mol. The molecule has 46 heavy (non-hydrogen) atoms. The van der Waals surface area contributed by atoms with Crippen molar-refractivity contribution in [2.45, 2.75) is 39.2 Å². The standard InChI is InChI=1S/C31H40N4O10S/c1-19(2)16-24(25(28(37)34-44-4)18-35-30(39)22-8-5-6-9-23(22)31(35)40)27(36)33-26(29(38)32-3)17-20-10-12-21(13-11-20)45-14-7-15-46(41,42)43/h5-6,8-13,19,24-26H,7,14-18H2,1-4H3,(H,32,38)(H,33,36)(H,34,37)(H,41,42,43)/t24-,25?,26-/m1/s1. The topological polar surface area (TPSA) is 198 Å². The summed E-state index contributed by atoms with van der Waals surface area (Å²) in [5.41, 5.74) is 3.31. The number of nitrogens with one attached hydrogen (secondary N) is 3. The summed E-state index contributed by atoms with van der Waals surface area (Å²) in [4.78, 5) is 72.1. The number of fused-ring (bicyclic) bond motifs is 1. The number of likely N-dealkylation sites (N-methyl/N-ethyl adjacent to an activating group) is 1. The minimum Gasteiger partial charge on any atom is -0.494 e. The maximum absolute atomic E-state index is 13.9. The fourth-order valence-electron chi connectivity index (χ4n) is 5.18. The van der Waals surface area contributed by atoms with Crippen LogP contribution in [0.15, 0.2) is 48.5 Å². The van der Waals surface area contributed by atoms with Crippen LogP contribution < -0.4 is 20.9 Å². The lowest BCUT2D eigenvalue weighted by Gasteiger charge is -2.30. The van der Waals surface area contributed by atoms with E-state index in [0.29, 0.717) is 11.3 Å². The summed E-state index contributed by atoms with van der Waals surface area (Å²) in [6.45, 7) is 3.39. The van der Waals surface area contributed by atoms with E-state index in [1.54, 1.807) is 36.4 Å². The number of nitrogens with zero attached hydrogens (tertiary/aromatic N) is 1. The molecule has 250 valence electrons. The number of ether oxygens (including phenoxy) is 1. The number of hydroxylamine groups is 1. The van der Waals surface area contributed by atoms with Gasteiger partial charge in [0.05, 0.1) is 42.4 Å². The van der Waals surface area contributed by atoms with Gasteiger partial charge in [0.1, 0.15) is 11.8 Å². The first-order valence-electron chi connectivity index (χ1n) is 14.7. The minimum atomic E-state index is -4.08. The number of rotatable bonds is 17. The molecule has 1 heterocycles. The highest BCUT2D eigenvalue weighted by atomic mass is 32.2. The van der Waals surface area contributed by atoms with E-state index in [1.807, 2.05) is 13.8 Å². The van der Waals surface area contributed by atoms with Gasteiger partial charge in [-0.25, -0.2) is 5.48 Å². The van der Waals surface area contributed by atoms with Crippen LogP contribution in [0.3, 0.4) is 0 Å². The molecule has 2 aromatic carbocycles. The average Bonchev–Trinajstić information content (AvgIpc) is 3.25. The van der Waals surface area contributed by atoms with Crippen LogP contribution in [0.4, 0.5) is 0 Å². The second-order valence-electron chi connectivity index (χ2n) is 11.3. The van der Waals surface area contributed by atoms with Gasteiger partial charge in [-0.2, -0.15) is 8.42 Å². The molecule has 15 heteroatoms. The SMILES string of the molecule is CNC(=O)[C@@H](Cc1ccc(OCCCS(=O)(=O)O)cc1)NC(=O)[C@H](CC(C)C)C(CN1C(=O)c2ccccc2C1=O)C(=O)NOC. The molecule has 0 radical (unpaired) electrons. The number of carbonyl (C=O) groups is 5. The van der Waals surface area contributed by atoms with Crippen molar-refractivity contribution in [1.82, 2.24) is 21.0 Å². The Morgan fingerprint density at radius 2 is 1.52 bits per heavy atom. The van der Waals surface area contributed by atoms with Crippen molar-refractivity contribution in [3.8, 4) is 5.75 Å². The zero-order chi connectivity index (χ0) is 34.0. The van der Waals surface area contributed by atoms with Crippen LogP contribution in [0.2, 0.25) is 0 Å². The van der Waals surface area contributed by atoms with E-state index in [2.05, 4.69) is 16.1 Å². The van der Waals surface area contributed by atoms with Crippen molar-refractivity contribution in [3.63, 3.8) is 0 Å². The maximum atomic E-state index is 13.9. The predicted molar refractivity (Wildman–Crippen MR) is 166 cm³/mol. The van der Waals surface area contributed by atoms with E-state index in [9.17, 15) is 32.4 Å². The zero-order valence-corrected chi connectivity index (χ0v) is 27.0. The molecule has 0 fully saturated rings. The number of benzene rings is 2. The summed E-state index contributed by atoms with van der Waals surface area (Å²) >= 11 is 0. The van der Waals surface area contributed by atoms with Crippen LogP contribution in [0.25, 0.3) is 0 Å². The van der Waals surface area contributed by atoms with Crippen LogP contribution in [-0.4, -0.2) is 86.5 Å². The highest BCUT2D eigenvalue weighted by Crippen LogP contribution is 2.28. The number of amides is 5. The van der Waals surface area contributed by atoms with Crippen molar-refractivity contribution in [2.24, 2.45) is 17.8 Å². The first-order valence-corrected chi connectivity index (χ1v) is 16.3. The van der Waals surface area contributed by atoms with Gasteiger partial charge in [-0.3, -0.25) is 38.3 Å². The molecule has 1 aliphatic heterocycles. The van der Waals surface area contributed by atoms with Crippen molar-refractivity contribution in [3.05, 3.63) is 65.2 Å². The second-order valence-corrected chi connectivity index (χ2v) is 12.9. The van der Waals surface area contributed by atoms with Gasteiger partial charge in [0.2, 0.25) is 17.7 Å². The first kappa shape index (κ1) is 36.1. The highest BCUT2D eigenvalue weighted by Gasteiger charge is 2.42. The number of hydrogen-bond acceptors (Lipinski definition) is 9. The molecule has 1 aliphatic rings. The van der Waals surface area contributed by atoms with Gasteiger partial charge in [0, 0.05) is 20.0 Å². The fraction of sp³-hybridized carbons (Fsp3) is 0.452. The quantitative estimate of drug-likeness (QED) is 0.0832. The Kier molecular flexibility index (Phi) is 12.8. The van der Waals surface area contributed by atoms with Crippen molar-refractivity contribution in [1.29, 1.82) is 0 Å². The highest BCUT2D eigenvalue weighted by molar-refractivity contribution is 7.85. The normalized spacial score (nSPS) is 14.8. The molecule has 5 amide bonds. The molecule has 0 bridgehead atoms. The molecule has 3 atom stereocenters. The number of imide groups is 1. The summed E-state index contributed by atoms with van der Waals surface area (Å²) in [5.74, 6) is -5.28. The summed E-state index contributed by atoms with van der Waals surface area (Å²) in [6, 6.07) is 11.9. The molecule has 0 spiro atoms. The Bertz CT molecular complexity index is 1490. The predicted octanol–water partition coefficient (Wildman–Crippen LogP) is 1.37. The van der Waals surface area contributed by atoms with Crippen molar-refractivity contribution >= 4 is 39.7 Å². The molecule has 0 aromatic heterocycles. The van der Waals surface area contributed by atoms with Gasteiger partial charge in [-0.15, -0.1) is 0 Å². The number of carbonyl (C=O) groups excluding carboxylic acids is 5. The number of hydrogen-bond donors (Lipinski definition) is 4. The summed E-state index contributed by atoms with van der Waals surface area (Å²) < 4.78 is 36.1. The minimum absolute atomic E-state index is 0.0613.